The molecule has 2 bridgehead atoms. The molecule has 5 rings (SSSR count). The molecule has 3 heterocycles. The van der Waals surface area contributed by atoms with Crippen molar-refractivity contribution in [2.24, 2.45) is 34.6 Å². The van der Waals surface area contributed by atoms with E-state index in [9.17, 15) is 29.7 Å². The number of ether oxygens (including phenoxy) is 8. The van der Waals surface area contributed by atoms with Crippen LogP contribution in [-0.4, -0.2) is 172 Å². The number of esters is 1. The minimum atomic E-state index is -1.26. The van der Waals surface area contributed by atoms with E-state index in [2.05, 4.69) is 5.16 Å². The number of cyclic esters (lactones) is 1. The summed E-state index contributed by atoms with van der Waals surface area (Å²) < 4.78 is 50.2. The quantitative estimate of drug-likeness (QED) is 0.164. The molecular formula is C50H77N3O15. The first-order valence-corrected chi connectivity index (χ1v) is 24.0. The Morgan fingerprint density at radius 2 is 1.66 bits per heavy atom. The Morgan fingerprint density at radius 3 is 2.32 bits per heavy atom. The SMILES string of the molecule is CC[C@H]1OC(=O)C[C@H]2OC/C(=N/OCc3ccc(C(N)=O)cc3)COCCC(C[C@@H](C)C(=O)/C=C/C(C)=C/[C@@H]1CO[C@@H]1CC[C@@H](O)[C@@H](OC)[C@H]1OC)[C@H](O[C@@H]1O[C@H](C)[C@@H](O)[C@H](N(C)C)[C@H]1O)[C@H]2C. The summed E-state index contributed by atoms with van der Waals surface area (Å²) in [4.78, 5) is 47.5. The molecule has 1 amide bonds. The van der Waals surface area contributed by atoms with Gasteiger partial charge in [-0.25, -0.2) is 0 Å². The van der Waals surface area contributed by atoms with Gasteiger partial charge in [-0.05, 0) is 89.7 Å². The minimum Gasteiger partial charge on any atom is -0.462 e. The summed E-state index contributed by atoms with van der Waals surface area (Å²) in [7, 11) is 6.62. The highest BCUT2D eigenvalue weighted by Crippen LogP contribution is 2.36. The van der Waals surface area contributed by atoms with Gasteiger partial charge < -0.3 is 68.7 Å². The zero-order valence-corrected chi connectivity index (χ0v) is 41.3. The molecule has 3 fully saturated rings. The van der Waals surface area contributed by atoms with Crippen LogP contribution in [0.15, 0.2) is 53.2 Å². The molecule has 382 valence electrons. The average molecular weight is 960 g/mol. The summed E-state index contributed by atoms with van der Waals surface area (Å²) in [5.74, 6) is -3.06. The van der Waals surface area contributed by atoms with E-state index in [1.165, 1.54) is 7.11 Å². The molecule has 68 heavy (non-hydrogen) atoms. The van der Waals surface area contributed by atoms with Gasteiger partial charge in [0.05, 0.1) is 68.9 Å². The first-order valence-electron chi connectivity index (χ1n) is 24.0. The van der Waals surface area contributed by atoms with Crippen LogP contribution >= 0.6 is 0 Å². The topological polar surface area (TPSA) is 237 Å². The van der Waals surface area contributed by atoms with Gasteiger partial charge in [0.1, 0.15) is 36.7 Å². The summed E-state index contributed by atoms with van der Waals surface area (Å²) in [6.45, 7) is 9.71. The van der Waals surface area contributed by atoms with Crippen molar-refractivity contribution in [1.82, 2.24) is 4.90 Å². The van der Waals surface area contributed by atoms with Crippen molar-refractivity contribution in [3.05, 3.63) is 59.2 Å². The standard InChI is InChI=1S/C50H77N3O15/c1-10-39-35(25-63-40-18-17-38(55)47(60-8)48(40)61-9)21-28(2)11-16-37(54)29(3)22-34-19-20-62-26-36(52-65-24-32-12-14-33(15-13-32)49(51)59)27-64-41(23-42(56)67-39)30(4)46(34)68-50-45(58)43(53(6)7)44(57)31(5)66-50/h11-16,21,29-31,34-35,38-41,43-48,50,55,57-58H,10,17-20,22-27H2,1-9H3,(H2,51,59)/b16-11+,28-21+,52-36+/t29-,30+,31-,34?,35-,38-,39-,40-,41-,43+,44-,45-,46-,47-,48+,50+/m1/s1. The van der Waals surface area contributed by atoms with E-state index < -0.39 is 103 Å². The fourth-order valence-electron chi connectivity index (χ4n) is 9.81. The number of amides is 1. The van der Waals surface area contributed by atoms with Crippen LogP contribution in [0.1, 0.15) is 89.1 Å². The normalized spacial score (nSPS) is 38.0. The monoisotopic (exact) mass is 960 g/mol. The summed E-state index contributed by atoms with van der Waals surface area (Å²) in [5.41, 5.74) is 7.70. The first kappa shape index (κ1) is 55.3. The number of primary amides is 1. The van der Waals surface area contributed by atoms with Crippen LogP contribution in [0.25, 0.3) is 0 Å². The third kappa shape index (κ3) is 14.9. The molecule has 1 aromatic rings. The van der Waals surface area contributed by atoms with E-state index in [1.807, 2.05) is 33.8 Å². The molecule has 2 saturated heterocycles. The summed E-state index contributed by atoms with van der Waals surface area (Å²) in [5, 5.41) is 37.8. The Kier molecular flexibility index (Phi) is 21.6. The first-order chi connectivity index (χ1) is 32.4. The Hall–Kier alpha value is -3.66. The number of ketones is 1. The predicted molar refractivity (Wildman–Crippen MR) is 250 cm³/mol. The molecule has 1 aliphatic carbocycles. The van der Waals surface area contributed by atoms with Crippen LogP contribution in [0.5, 0.6) is 0 Å². The number of carbonyl (C=O) groups is 3. The molecule has 18 nitrogen and oxygen atoms in total. The van der Waals surface area contributed by atoms with Gasteiger partial charge >= 0.3 is 5.97 Å². The lowest BCUT2D eigenvalue weighted by molar-refractivity contribution is -0.305. The fraction of sp³-hybridized carbons (Fsp3) is 0.720. The van der Waals surface area contributed by atoms with Gasteiger partial charge in [0.15, 0.2) is 12.1 Å². The average Bonchev–Trinajstić information content (AvgIpc) is 3.33. The van der Waals surface area contributed by atoms with Crippen molar-refractivity contribution in [3.8, 4) is 0 Å². The smallest absolute Gasteiger partial charge is 0.308 e. The number of methoxy groups -OCH3 is 2. The van der Waals surface area contributed by atoms with Crippen LogP contribution in [0.3, 0.4) is 0 Å². The Balaban J connectivity index is 1.50. The number of carbonyl (C=O) groups excluding carboxylic acids is 3. The van der Waals surface area contributed by atoms with Crippen LogP contribution in [-0.2, 0) is 58.9 Å². The molecule has 1 saturated carbocycles. The number of benzene rings is 1. The maximum absolute atomic E-state index is 14.4. The maximum Gasteiger partial charge on any atom is 0.308 e. The number of nitrogens with two attached hydrogens (primary N) is 1. The largest absolute Gasteiger partial charge is 0.462 e. The van der Waals surface area contributed by atoms with Gasteiger partial charge in [0.2, 0.25) is 5.91 Å². The van der Waals surface area contributed by atoms with E-state index in [0.717, 1.165) is 11.1 Å². The zero-order chi connectivity index (χ0) is 49.7. The lowest BCUT2D eigenvalue weighted by Gasteiger charge is -2.47. The Bertz CT molecular complexity index is 1860. The van der Waals surface area contributed by atoms with Gasteiger partial charge in [-0.15, -0.1) is 0 Å². The molecule has 0 radical (unpaired) electrons. The maximum atomic E-state index is 14.4. The van der Waals surface area contributed by atoms with E-state index in [1.54, 1.807) is 69.4 Å². The van der Waals surface area contributed by atoms with Crippen molar-refractivity contribution in [3.63, 3.8) is 0 Å². The van der Waals surface area contributed by atoms with Crippen molar-refractivity contribution >= 4 is 23.4 Å². The molecule has 0 spiro atoms. The highest BCUT2D eigenvalue weighted by atomic mass is 16.7. The van der Waals surface area contributed by atoms with Crippen LogP contribution in [0.4, 0.5) is 0 Å². The molecule has 5 N–H and O–H groups in total. The van der Waals surface area contributed by atoms with Crippen molar-refractivity contribution in [2.45, 2.75) is 153 Å². The Morgan fingerprint density at radius 1 is 0.941 bits per heavy atom. The van der Waals surface area contributed by atoms with Crippen molar-refractivity contribution < 1.29 is 72.4 Å². The molecule has 18 heteroatoms. The number of nitrogens with zero attached hydrogens (tertiary/aromatic N) is 2. The number of fused-ring (bicyclic) bond motifs is 3. The summed E-state index contributed by atoms with van der Waals surface area (Å²) in [6, 6.07) is 5.94. The molecule has 0 aromatic heterocycles. The number of aliphatic hydroxyl groups is 3. The number of hydrogen-bond acceptors (Lipinski definition) is 17. The van der Waals surface area contributed by atoms with Gasteiger partial charge in [-0.1, -0.05) is 55.8 Å². The van der Waals surface area contributed by atoms with Crippen LogP contribution in [0.2, 0.25) is 0 Å². The predicted octanol–water partition coefficient (Wildman–Crippen LogP) is 3.51. The molecule has 1 aromatic carbocycles. The van der Waals surface area contributed by atoms with Gasteiger partial charge in [-0.2, -0.15) is 0 Å². The molecule has 3 aliphatic heterocycles. The second-order valence-electron chi connectivity index (χ2n) is 19.1. The number of allylic oxidation sites excluding steroid dienone is 3. The fourth-order valence-corrected chi connectivity index (χ4v) is 9.81. The summed E-state index contributed by atoms with van der Waals surface area (Å²) >= 11 is 0. The molecule has 4 aliphatic rings. The van der Waals surface area contributed by atoms with Gasteiger partial charge in [0.25, 0.3) is 0 Å². The van der Waals surface area contributed by atoms with Gasteiger partial charge in [0, 0.05) is 44.1 Å². The van der Waals surface area contributed by atoms with Gasteiger partial charge in [-0.3, -0.25) is 14.4 Å². The van der Waals surface area contributed by atoms with Crippen LogP contribution < -0.4 is 5.73 Å². The van der Waals surface area contributed by atoms with Crippen molar-refractivity contribution in [1.29, 1.82) is 0 Å². The molecular weight excluding hydrogens is 883 g/mol. The number of likely N-dealkylation sites (N-methyl/N-ethyl adjacent to an activating group) is 1. The zero-order valence-electron chi connectivity index (χ0n) is 41.3. The van der Waals surface area contributed by atoms with Crippen molar-refractivity contribution in [2.75, 3.05) is 54.7 Å². The second kappa shape index (κ2) is 26.5. The number of oxime groups is 1. The van der Waals surface area contributed by atoms with E-state index in [0.29, 0.717) is 43.4 Å². The van der Waals surface area contributed by atoms with E-state index in [-0.39, 0.29) is 51.2 Å². The lowest BCUT2D eigenvalue weighted by Crippen LogP contribution is -2.63. The molecule has 16 atom stereocenters. The summed E-state index contributed by atoms with van der Waals surface area (Å²) in [6.07, 6.45) is -1.37. The second-order valence-corrected chi connectivity index (χ2v) is 19.1. The lowest BCUT2D eigenvalue weighted by atomic mass is 9.79. The highest BCUT2D eigenvalue weighted by molar-refractivity contribution is 5.93. The number of hydrogen-bond donors (Lipinski definition) is 4. The Labute approximate surface area is 401 Å². The minimum absolute atomic E-state index is 0.0333. The van der Waals surface area contributed by atoms with Crippen LogP contribution in [0, 0.1) is 23.7 Å². The highest BCUT2D eigenvalue weighted by Gasteiger charge is 2.48. The number of aliphatic hydroxyl groups excluding tert-OH is 3. The third-order valence-corrected chi connectivity index (χ3v) is 13.8. The molecule has 1 unspecified atom stereocenters. The van der Waals surface area contributed by atoms with E-state index >= 15 is 0 Å². The third-order valence-electron chi connectivity index (χ3n) is 13.8. The van der Waals surface area contributed by atoms with E-state index in [4.69, 9.17) is 48.5 Å². The number of rotatable bonds is 13.